The maximum atomic E-state index is 13.6. The lowest BCUT2D eigenvalue weighted by Gasteiger charge is -2.21. The van der Waals surface area contributed by atoms with E-state index in [1.54, 1.807) is 6.07 Å². The Morgan fingerprint density at radius 1 is 1.33 bits per heavy atom. The van der Waals surface area contributed by atoms with E-state index in [2.05, 4.69) is 29.4 Å². The minimum atomic E-state index is -0.150. The molecule has 0 amide bonds. The fourth-order valence-corrected chi connectivity index (χ4v) is 4.33. The van der Waals surface area contributed by atoms with Gasteiger partial charge in [-0.2, -0.15) is 0 Å². The molecule has 1 aromatic carbocycles. The van der Waals surface area contributed by atoms with E-state index >= 15 is 0 Å². The Balaban J connectivity index is 0.00000210. The second kappa shape index (κ2) is 8.64. The first kappa shape index (κ1) is 20.8. The Bertz CT molecular complexity index is 672. The molecule has 4 rings (SSSR count). The Kier molecular flexibility index (Phi) is 6.66. The molecule has 1 saturated heterocycles. The van der Waals surface area contributed by atoms with E-state index in [1.807, 2.05) is 12.1 Å². The van der Waals surface area contributed by atoms with Crippen molar-refractivity contribution in [1.29, 1.82) is 0 Å². The molecular formula is C21H32FIN4. The monoisotopic (exact) mass is 486 g/mol. The number of nitrogens with zero attached hydrogens (tertiary/aromatic N) is 2. The van der Waals surface area contributed by atoms with Crippen LogP contribution >= 0.6 is 24.0 Å². The zero-order valence-electron chi connectivity index (χ0n) is 16.4. The standard InChI is InChI=1S/C21H31FN4.HI/c1-3-23-20(25-18-11-15(2)26(13-18)19-7-8-19)24-14-21(9-10-21)16-5-4-6-17(22)12-16;/h4-6,12,15,18-19H,3,7-11,13-14H2,1-2H3,(H2,23,24,25);1H. The summed E-state index contributed by atoms with van der Waals surface area (Å²) in [4.78, 5) is 7.53. The number of halogens is 2. The van der Waals surface area contributed by atoms with Gasteiger partial charge in [-0.25, -0.2) is 4.39 Å². The molecule has 0 aromatic heterocycles. The summed E-state index contributed by atoms with van der Waals surface area (Å²) in [5, 5.41) is 7.04. The maximum Gasteiger partial charge on any atom is 0.191 e. The highest BCUT2D eigenvalue weighted by Gasteiger charge is 2.44. The molecule has 1 aromatic rings. The van der Waals surface area contributed by atoms with Gasteiger partial charge in [0.2, 0.25) is 0 Å². The van der Waals surface area contributed by atoms with Crippen molar-refractivity contribution in [2.75, 3.05) is 19.6 Å². The van der Waals surface area contributed by atoms with Gasteiger partial charge in [0.15, 0.2) is 5.96 Å². The first-order valence-electron chi connectivity index (χ1n) is 10.2. The van der Waals surface area contributed by atoms with Crippen LogP contribution in [0, 0.1) is 5.82 Å². The smallest absolute Gasteiger partial charge is 0.191 e. The van der Waals surface area contributed by atoms with Crippen LogP contribution in [0.4, 0.5) is 4.39 Å². The van der Waals surface area contributed by atoms with Gasteiger partial charge in [0, 0.05) is 36.6 Å². The highest BCUT2D eigenvalue weighted by Crippen LogP contribution is 2.48. The molecule has 150 valence electrons. The quantitative estimate of drug-likeness (QED) is 0.367. The minimum Gasteiger partial charge on any atom is -0.357 e. The van der Waals surface area contributed by atoms with Crippen LogP contribution in [0.3, 0.4) is 0 Å². The average molecular weight is 486 g/mol. The third-order valence-corrected chi connectivity index (χ3v) is 6.15. The van der Waals surface area contributed by atoms with E-state index in [0.717, 1.165) is 50.0 Å². The first-order chi connectivity index (χ1) is 12.6. The molecule has 1 aliphatic heterocycles. The summed E-state index contributed by atoms with van der Waals surface area (Å²) < 4.78 is 13.6. The molecule has 2 unspecified atom stereocenters. The number of rotatable bonds is 6. The number of likely N-dealkylation sites (tertiary alicyclic amines) is 1. The number of guanidine groups is 1. The molecule has 0 spiro atoms. The summed E-state index contributed by atoms with van der Waals surface area (Å²) in [5.74, 6) is 0.757. The van der Waals surface area contributed by atoms with Gasteiger partial charge in [-0.05, 0) is 63.6 Å². The average Bonchev–Trinajstić information content (AvgIpc) is 3.53. The lowest BCUT2D eigenvalue weighted by atomic mass is 9.96. The van der Waals surface area contributed by atoms with E-state index in [1.165, 1.54) is 25.3 Å². The van der Waals surface area contributed by atoms with E-state index in [4.69, 9.17) is 4.99 Å². The Morgan fingerprint density at radius 3 is 2.74 bits per heavy atom. The third kappa shape index (κ3) is 4.94. The van der Waals surface area contributed by atoms with Gasteiger partial charge < -0.3 is 10.6 Å². The van der Waals surface area contributed by atoms with E-state index < -0.39 is 0 Å². The molecule has 6 heteroatoms. The molecule has 2 aliphatic carbocycles. The van der Waals surface area contributed by atoms with E-state index in [-0.39, 0.29) is 35.2 Å². The molecule has 2 saturated carbocycles. The minimum absolute atomic E-state index is 0. The second-order valence-corrected chi connectivity index (χ2v) is 8.34. The summed E-state index contributed by atoms with van der Waals surface area (Å²) in [5.41, 5.74) is 1.12. The maximum absolute atomic E-state index is 13.6. The largest absolute Gasteiger partial charge is 0.357 e. The van der Waals surface area contributed by atoms with Crippen molar-refractivity contribution < 1.29 is 4.39 Å². The van der Waals surface area contributed by atoms with Crippen molar-refractivity contribution in [1.82, 2.24) is 15.5 Å². The first-order valence-corrected chi connectivity index (χ1v) is 10.2. The van der Waals surface area contributed by atoms with Gasteiger partial charge in [0.25, 0.3) is 0 Å². The van der Waals surface area contributed by atoms with Gasteiger partial charge in [-0.15, -0.1) is 24.0 Å². The van der Waals surface area contributed by atoms with Crippen LogP contribution in [0.1, 0.15) is 51.5 Å². The number of aliphatic imine (C=N–C) groups is 1. The Labute approximate surface area is 179 Å². The highest BCUT2D eigenvalue weighted by molar-refractivity contribution is 14.0. The molecule has 3 fully saturated rings. The topological polar surface area (TPSA) is 39.7 Å². The van der Waals surface area contributed by atoms with Crippen LogP contribution in [-0.2, 0) is 5.41 Å². The lowest BCUT2D eigenvalue weighted by molar-refractivity contribution is 0.256. The third-order valence-electron chi connectivity index (χ3n) is 6.15. The zero-order chi connectivity index (χ0) is 18.1. The molecule has 1 heterocycles. The summed E-state index contributed by atoms with van der Waals surface area (Å²) in [6.45, 7) is 7.14. The molecule has 2 atom stereocenters. The number of hydrogen-bond donors (Lipinski definition) is 2. The second-order valence-electron chi connectivity index (χ2n) is 8.34. The van der Waals surface area contributed by atoms with Crippen LogP contribution in [0.2, 0.25) is 0 Å². The normalized spacial score (nSPS) is 27.1. The van der Waals surface area contributed by atoms with Crippen LogP contribution in [0.25, 0.3) is 0 Å². The predicted octanol–water partition coefficient (Wildman–Crippen LogP) is 3.66. The molecule has 0 radical (unpaired) electrons. The van der Waals surface area contributed by atoms with Crippen molar-refractivity contribution in [3.63, 3.8) is 0 Å². The Morgan fingerprint density at radius 2 is 2.11 bits per heavy atom. The van der Waals surface area contributed by atoms with Crippen LogP contribution < -0.4 is 10.6 Å². The van der Waals surface area contributed by atoms with Crippen LogP contribution in [0.5, 0.6) is 0 Å². The number of benzene rings is 1. The fraction of sp³-hybridized carbons (Fsp3) is 0.667. The van der Waals surface area contributed by atoms with Gasteiger partial charge in [0.1, 0.15) is 5.82 Å². The predicted molar refractivity (Wildman–Crippen MR) is 119 cm³/mol. The number of hydrogen-bond acceptors (Lipinski definition) is 2. The summed E-state index contributed by atoms with van der Waals surface area (Å²) in [6.07, 6.45) is 6.09. The molecular weight excluding hydrogens is 454 g/mol. The molecule has 2 N–H and O–H groups in total. The molecule has 0 bridgehead atoms. The van der Waals surface area contributed by atoms with E-state index in [9.17, 15) is 4.39 Å². The van der Waals surface area contributed by atoms with Crippen LogP contribution in [-0.4, -0.2) is 48.6 Å². The van der Waals surface area contributed by atoms with Crippen molar-refractivity contribution in [2.45, 2.75) is 69.5 Å². The zero-order valence-corrected chi connectivity index (χ0v) is 18.7. The molecule has 3 aliphatic rings. The Hall–Kier alpha value is -0.890. The van der Waals surface area contributed by atoms with Crippen LogP contribution in [0.15, 0.2) is 29.3 Å². The fourth-order valence-electron chi connectivity index (χ4n) is 4.33. The summed E-state index contributed by atoms with van der Waals surface area (Å²) in [6, 6.07) is 8.98. The van der Waals surface area contributed by atoms with Gasteiger partial charge >= 0.3 is 0 Å². The molecule has 27 heavy (non-hydrogen) atoms. The van der Waals surface area contributed by atoms with E-state index in [0.29, 0.717) is 12.1 Å². The molecule has 4 nitrogen and oxygen atoms in total. The van der Waals surface area contributed by atoms with Gasteiger partial charge in [-0.1, -0.05) is 12.1 Å². The lowest BCUT2D eigenvalue weighted by Crippen LogP contribution is -2.45. The summed E-state index contributed by atoms with van der Waals surface area (Å²) in [7, 11) is 0. The van der Waals surface area contributed by atoms with Gasteiger partial charge in [0.05, 0.1) is 6.54 Å². The number of nitrogens with one attached hydrogen (secondary N) is 2. The SMILES string of the molecule is CCNC(=NCC1(c2cccc(F)c2)CC1)NC1CC(C)N(C2CC2)C1.I. The van der Waals surface area contributed by atoms with Crippen molar-refractivity contribution in [2.24, 2.45) is 4.99 Å². The van der Waals surface area contributed by atoms with Crippen molar-refractivity contribution in [3.05, 3.63) is 35.6 Å². The van der Waals surface area contributed by atoms with Gasteiger partial charge in [-0.3, -0.25) is 9.89 Å². The highest BCUT2D eigenvalue weighted by atomic mass is 127. The van der Waals surface area contributed by atoms with Crippen molar-refractivity contribution in [3.8, 4) is 0 Å². The van der Waals surface area contributed by atoms with Crippen molar-refractivity contribution >= 4 is 29.9 Å². The summed E-state index contributed by atoms with van der Waals surface area (Å²) >= 11 is 0.